The Balaban J connectivity index is 1.26. The van der Waals surface area contributed by atoms with Gasteiger partial charge in [0.15, 0.2) is 5.58 Å². The first-order valence-electron chi connectivity index (χ1n) is 19.5. The number of halogens is 5. The second-order valence-electron chi connectivity index (χ2n) is 16.3. The van der Waals surface area contributed by atoms with Gasteiger partial charge in [-0.2, -0.15) is 13.2 Å². The summed E-state index contributed by atoms with van der Waals surface area (Å²) in [5.74, 6) is -2.83. The third kappa shape index (κ3) is 7.37. The summed E-state index contributed by atoms with van der Waals surface area (Å²) in [6.45, 7) is 5.83. The fraction of sp³-hybridized carbons (Fsp3) is 0.304. The molecule has 59 heavy (non-hydrogen) atoms. The number of benzene rings is 5. The second-order valence-corrected chi connectivity index (χ2v) is 16.3. The Bertz CT molecular complexity index is 2430. The number of alkyl halides is 3. The van der Waals surface area contributed by atoms with Crippen LogP contribution in [0.1, 0.15) is 67.1 Å². The maximum atomic E-state index is 16.4. The molecule has 1 N–H and O–H groups in total. The first-order valence-corrected chi connectivity index (χ1v) is 19.5. The molecule has 5 aromatic carbocycles. The number of rotatable bonds is 8. The highest BCUT2D eigenvalue weighted by molar-refractivity contribution is 5.81. The molecule has 0 unspecified atom stereocenters. The lowest BCUT2D eigenvalue weighted by Gasteiger charge is -2.43. The molecule has 8 rings (SSSR count). The van der Waals surface area contributed by atoms with E-state index < -0.39 is 65.0 Å². The Labute approximate surface area is 337 Å². The lowest BCUT2D eigenvalue weighted by molar-refractivity contribution is -0.155. The van der Waals surface area contributed by atoms with Crippen LogP contribution in [-0.4, -0.2) is 64.0 Å². The van der Waals surface area contributed by atoms with E-state index in [1.807, 2.05) is 91.0 Å². The molecule has 1 amide bonds. The minimum Gasteiger partial charge on any atom is -0.444 e. The number of nitrogens with zero attached hydrogens (tertiary/aromatic N) is 3. The number of likely N-dealkylation sites (tertiary alicyclic amines) is 1. The van der Waals surface area contributed by atoms with E-state index >= 15 is 8.78 Å². The van der Waals surface area contributed by atoms with Gasteiger partial charge in [0.05, 0.1) is 24.1 Å². The van der Waals surface area contributed by atoms with E-state index in [0.29, 0.717) is 11.1 Å². The van der Waals surface area contributed by atoms with Crippen molar-refractivity contribution in [2.75, 3.05) is 25.0 Å². The molecule has 1 saturated heterocycles. The molecular weight excluding hydrogens is 768 g/mol. The van der Waals surface area contributed by atoms with Gasteiger partial charge in [0.25, 0.3) is 0 Å². The Hall–Kier alpha value is -5.95. The minimum absolute atomic E-state index is 0.0000763. The van der Waals surface area contributed by atoms with E-state index in [4.69, 9.17) is 9.15 Å². The Morgan fingerprint density at radius 2 is 1.34 bits per heavy atom. The van der Waals surface area contributed by atoms with Crippen molar-refractivity contribution in [2.45, 2.75) is 69.6 Å². The van der Waals surface area contributed by atoms with Crippen LogP contribution in [0, 0.1) is 11.6 Å². The molecule has 306 valence electrons. The van der Waals surface area contributed by atoms with Gasteiger partial charge in [-0.05, 0) is 74.6 Å². The molecule has 1 aromatic heterocycles. The van der Waals surface area contributed by atoms with Gasteiger partial charge < -0.3 is 19.4 Å². The van der Waals surface area contributed by atoms with Crippen LogP contribution in [0.5, 0.6) is 0 Å². The molecular formula is C46H43F5N4O4. The van der Waals surface area contributed by atoms with Crippen molar-refractivity contribution in [1.29, 1.82) is 0 Å². The van der Waals surface area contributed by atoms with E-state index in [9.17, 15) is 22.8 Å². The highest BCUT2D eigenvalue weighted by Gasteiger charge is 2.46. The van der Waals surface area contributed by atoms with Crippen molar-refractivity contribution in [3.8, 4) is 0 Å². The summed E-state index contributed by atoms with van der Waals surface area (Å²) in [6, 6.07) is 30.9. The fourth-order valence-electron chi connectivity index (χ4n) is 8.69. The number of carbonyl (C=O) groups is 1. The largest absolute Gasteiger partial charge is 0.444 e. The SMILES string of the molecule is C[C@@H]1Cc2c(ccc3c2oc(=O)n3C(c2ccccc2)(c2ccccc2)c2ccccc2)[C@@H](c2c(F)cc(NC3CN(C(=O)OC(C)(C)C)C3)cc2F)N1CC(F)(F)F. The van der Waals surface area contributed by atoms with Gasteiger partial charge >= 0.3 is 18.0 Å². The van der Waals surface area contributed by atoms with Crippen molar-refractivity contribution in [2.24, 2.45) is 0 Å². The van der Waals surface area contributed by atoms with E-state index in [2.05, 4.69) is 5.32 Å². The number of oxazole rings is 1. The summed E-state index contributed by atoms with van der Waals surface area (Å²) < 4.78 is 88.9. The van der Waals surface area contributed by atoms with Gasteiger partial charge in [-0.3, -0.25) is 9.47 Å². The van der Waals surface area contributed by atoms with Crippen molar-refractivity contribution < 1.29 is 35.9 Å². The van der Waals surface area contributed by atoms with E-state index in [0.717, 1.165) is 33.7 Å². The van der Waals surface area contributed by atoms with Crippen LogP contribution in [0.2, 0.25) is 0 Å². The number of hydrogen-bond acceptors (Lipinski definition) is 6. The standard InChI is InChI=1S/C46H43F5N4O4/c1-28-22-35-34(40(54(28)27-45(49,50)51)39-36(47)23-32(24-37(39)48)52-33-25-53(26-33)42(56)59-44(2,3)4)20-21-38-41(35)58-43(57)55(38)46(29-14-8-5-9-15-29,30-16-10-6-11-17-30)31-18-12-7-13-19-31/h5-21,23-24,28,33,40,52H,22,25-27H2,1-4H3/t28-,40+/m1/s1. The quantitative estimate of drug-likeness (QED) is 0.122. The number of ether oxygens (including phenoxy) is 1. The molecule has 3 heterocycles. The number of aromatic nitrogens is 1. The van der Waals surface area contributed by atoms with Gasteiger partial charge in [-0.1, -0.05) is 97.1 Å². The zero-order valence-corrected chi connectivity index (χ0v) is 32.9. The van der Waals surface area contributed by atoms with Crippen LogP contribution < -0.4 is 11.1 Å². The van der Waals surface area contributed by atoms with Gasteiger partial charge in [0.2, 0.25) is 0 Å². The normalized spacial score (nSPS) is 17.7. The number of carbonyl (C=O) groups excluding carboxylic acids is 1. The predicted octanol–water partition coefficient (Wildman–Crippen LogP) is 9.64. The Morgan fingerprint density at radius 1 is 0.814 bits per heavy atom. The molecule has 6 aromatic rings. The Kier molecular flexibility index (Phi) is 10.1. The summed E-state index contributed by atoms with van der Waals surface area (Å²) in [5, 5.41) is 3.03. The molecule has 2 atom stereocenters. The second kappa shape index (κ2) is 15.0. The summed E-state index contributed by atoms with van der Waals surface area (Å²) in [5.41, 5.74) is 0.861. The molecule has 0 radical (unpaired) electrons. The zero-order chi connectivity index (χ0) is 41.9. The monoisotopic (exact) mass is 810 g/mol. The molecule has 0 saturated carbocycles. The molecule has 0 spiro atoms. The molecule has 1 fully saturated rings. The van der Waals surface area contributed by atoms with E-state index in [1.165, 1.54) is 4.90 Å². The molecule has 0 bridgehead atoms. The van der Waals surface area contributed by atoms with Crippen molar-refractivity contribution >= 4 is 22.9 Å². The molecule has 2 aliphatic rings. The van der Waals surface area contributed by atoms with Gasteiger partial charge in [0.1, 0.15) is 22.8 Å². The smallest absolute Gasteiger partial charge is 0.421 e. The minimum atomic E-state index is -4.71. The van der Waals surface area contributed by atoms with Gasteiger partial charge in [0, 0.05) is 35.9 Å². The lowest BCUT2D eigenvalue weighted by atomic mass is 9.76. The first-order chi connectivity index (χ1) is 28.0. The average molecular weight is 811 g/mol. The highest BCUT2D eigenvalue weighted by atomic mass is 19.4. The number of anilines is 1. The number of amides is 1. The summed E-state index contributed by atoms with van der Waals surface area (Å²) in [6.07, 6.45) is -5.22. The summed E-state index contributed by atoms with van der Waals surface area (Å²) >= 11 is 0. The molecule has 13 heteroatoms. The van der Waals surface area contributed by atoms with Crippen molar-refractivity contribution in [3.05, 3.63) is 171 Å². The van der Waals surface area contributed by atoms with Crippen LogP contribution in [0.15, 0.2) is 124 Å². The third-order valence-electron chi connectivity index (χ3n) is 11.1. The number of nitrogens with one attached hydrogen (secondary N) is 1. The van der Waals surface area contributed by atoms with Crippen LogP contribution >= 0.6 is 0 Å². The summed E-state index contributed by atoms with van der Waals surface area (Å²) in [7, 11) is 0. The first kappa shape index (κ1) is 39.9. The maximum Gasteiger partial charge on any atom is 0.421 e. The topological polar surface area (TPSA) is 80.0 Å². The zero-order valence-electron chi connectivity index (χ0n) is 32.9. The fourth-order valence-corrected chi connectivity index (χ4v) is 8.69. The van der Waals surface area contributed by atoms with Crippen LogP contribution in [0.4, 0.5) is 32.4 Å². The van der Waals surface area contributed by atoms with Crippen molar-refractivity contribution in [3.63, 3.8) is 0 Å². The number of hydrogen-bond donors (Lipinski definition) is 1. The maximum absolute atomic E-state index is 16.4. The van der Waals surface area contributed by atoms with E-state index in [-0.39, 0.29) is 42.4 Å². The van der Waals surface area contributed by atoms with Crippen LogP contribution in [0.25, 0.3) is 11.1 Å². The summed E-state index contributed by atoms with van der Waals surface area (Å²) in [4.78, 5) is 29.5. The third-order valence-corrected chi connectivity index (χ3v) is 11.1. The lowest BCUT2D eigenvalue weighted by Crippen LogP contribution is -2.57. The molecule has 0 aliphatic carbocycles. The Morgan fingerprint density at radius 3 is 1.83 bits per heavy atom. The van der Waals surface area contributed by atoms with Gasteiger partial charge in [-0.15, -0.1) is 0 Å². The molecule has 8 nitrogen and oxygen atoms in total. The van der Waals surface area contributed by atoms with Crippen LogP contribution in [-0.2, 0) is 16.7 Å². The van der Waals surface area contributed by atoms with Crippen molar-refractivity contribution in [1.82, 2.24) is 14.4 Å². The number of fused-ring (bicyclic) bond motifs is 3. The van der Waals surface area contributed by atoms with Gasteiger partial charge in [-0.25, -0.2) is 18.4 Å². The highest BCUT2D eigenvalue weighted by Crippen LogP contribution is 2.47. The molecule has 2 aliphatic heterocycles. The van der Waals surface area contributed by atoms with Crippen LogP contribution in [0.3, 0.4) is 0 Å². The average Bonchev–Trinajstić information content (AvgIpc) is 3.50. The van der Waals surface area contributed by atoms with E-state index in [1.54, 1.807) is 44.4 Å². The predicted molar refractivity (Wildman–Crippen MR) is 214 cm³/mol.